The lowest BCUT2D eigenvalue weighted by Crippen LogP contribution is -2.28. The van der Waals surface area contributed by atoms with Crippen LogP contribution in [0.2, 0.25) is 0 Å². The van der Waals surface area contributed by atoms with Crippen LogP contribution in [0.4, 0.5) is 17.6 Å². The lowest BCUT2D eigenvalue weighted by Gasteiger charge is -2.34. The minimum Gasteiger partial charge on any atom is -0.293 e. The molecule has 0 bridgehead atoms. The minimum absolute atomic E-state index is 0.00402. The minimum atomic E-state index is -4.56. The predicted molar refractivity (Wildman–Crippen MR) is 96.3 cm³/mol. The first-order chi connectivity index (χ1) is 12.2. The summed E-state index contributed by atoms with van der Waals surface area (Å²) in [7, 11) is 1.89. The van der Waals surface area contributed by atoms with Crippen molar-refractivity contribution < 1.29 is 17.6 Å². The van der Waals surface area contributed by atoms with Gasteiger partial charge in [-0.1, -0.05) is 50.1 Å². The highest BCUT2D eigenvalue weighted by molar-refractivity contribution is 5.30. The summed E-state index contributed by atoms with van der Waals surface area (Å²) in [5.41, 5.74) is 0.509. The second kappa shape index (κ2) is 8.67. The monoisotopic (exact) mass is 367 g/mol. The molecule has 1 nitrogen and oxygen atoms in total. The Hall–Kier alpha value is -1.88. The zero-order chi connectivity index (χ0) is 19.3. The van der Waals surface area contributed by atoms with Crippen LogP contribution in [0.5, 0.6) is 0 Å². The molecule has 2 aromatic carbocycles. The lowest BCUT2D eigenvalue weighted by molar-refractivity contribution is -0.137. The first kappa shape index (κ1) is 20.4. The van der Waals surface area contributed by atoms with Crippen LogP contribution in [-0.2, 0) is 6.18 Å². The van der Waals surface area contributed by atoms with Gasteiger partial charge in [-0.15, -0.1) is 0 Å². The third kappa shape index (κ3) is 5.07. The standard InChI is InChI=1S/C21H25F4N/c1-4-5-11-20(26(3)15(2)16-9-7-6-8-10-16)17-12-18(21(23,24)25)14-19(22)13-17/h6-10,12-15,20H,4-5,11H2,1-3H3. The van der Waals surface area contributed by atoms with Crippen LogP contribution < -0.4 is 0 Å². The molecule has 0 aromatic heterocycles. The van der Waals surface area contributed by atoms with Gasteiger partial charge in [0.15, 0.2) is 0 Å². The molecule has 5 heteroatoms. The van der Waals surface area contributed by atoms with Crippen LogP contribution >= 0.6 is 0 Å². The summed E-state index contributed by atoms with van der Waals surface area (Å²) in [4.78, 5) is 2.03. The van der Waals surface area contributed by atoms with Gasteiger partial charge in [-0.3, -0.25) is 4.90 Å². The van der Waals surface area contributed by atoms with Crippen LogP contribution in [0, 0.1) is 5.82 Å². The summed E-state index contributed by atoms with van der Waals surface area (Å²) in [6.07, 6.45) is -2.11. The maximum Gasteiger partial charge on any atom is 0.416 e. The highest BCUT2D eigenvalue weighted by Crippen LogP contribution is 2.36. The van der Waals surface area contributed by atoms with Gasteiger partial charge in [0, 0.05) is 12.1 Å². The number of nitrogens with zero attached hydrogens (tertiary/aromatic N) is 1. The molecule has 0 aliphatic rings. The Morgan fingerprint density at radius 2 is 1.65 bits per heavy atom. The van der Waals surface area contributed by atoms with Gasteiger partial charge < -0.3 is 0 Å². The van der Waals surface area contributed by atoms with Crippen LogP contribution in [0.3, 0.4) is 0 Å². The van der Waals surface area contributed by atoms with Gasteiger partial charge in [0.2, 0.25) is 0 Å². The molecule has 0 saturated heterocycles. The summed E-state index contributed by atoms with van der Waals surface area (Å²) < 4.78 is 53.2. The van der Waals surface area contributed by atoms with Crippen molar-refractivity contribution in [1.29, 1.82) is 0 Å². The Morgan fingerprint density at radius 3 is 2.23 bits per heavy atom. The molecule has 0 aliphatic carbocycles. The Bertz CT molecular complexity index is 697. The quantitative estimate of drug-likeness (QED) is 0.488. The fourth-order valence-electron chi connectivity index (χ4n) is 3.21. The van der Waals surface area contributed by atoms with Crippen LogP contribution in [-0.4, -0.2) is 11.9 Å². The van der Waals surface area contributed by atoms with Gasteiger partial charge in [-0.05, 0) is 49.7 Å². The topological polar surface area (TPSA) is 3.24 Å². The van der Waals surface area contributed by atoms with Gasteiger partial charge in [-0.25, -0.2) is 4.39 Å². The van der Waals surface area contributed by atoms with Crippen molar-refractivity contribution in [3.8, 4) is 0 Å². The molecule has 2 aromatic rings. The van der Waals surface area contributed by atoms with E-state index in [2.05, 4.69) is 0 Å². The Morgan fingerprint density at radius 1 is 1.00 bits per heavy atom. The number of alkyl halides is 3. The molecule has 26 heavy (non-hydrogen) atoms. The molecule has 2 unspecified atom stereocenters. The second-order valence-corrected chi connectivity index (χ2v) is 6.68. The summed E-state index contributed by atoms with van der Waals surface area (Å²) in [5.74, 6) is -0.850. The summed E-state index contributed by atoms with van der Waals surface area (Å²) in [6, 6.07) is 12.3. The third-order valence-corrected chi connectivity index (χ3v) is 4.85. The number of rotatable bonds is 7. The van der Waals surface area contributed by atoms with E-state index in [-0.39, 0.29) is 12.1 Å². The van der Waals surface area contributed by atoms with Gasteiger partial charge >= 0.3 is 6.18 Å². The summed E-state index contributed by atoms with van der Waals surface area (Å²) in [5, 5.41) is 0. The van der Waals surface area contributed by atoms with Crippen molar-refractivity contribution >= 4 is 0 Å². The maximum atomic E-state index is 13.9. The fourth-order valence-corrected chi connectivity index (χ4v) is 3.21. The van der Waals surface area contributed by atoms with E-state index in [1.54, 1.807) is 0 Å². The number of benzene rings is 2. The molecular formula is C21H25F4N. The van der Waals surface area contributed by atoms with Crippen molar-refractivity contribution in [2.45, 2.75) is 51.4 Å². The molecule has 0 radical (unpaired) electrons. The van der Waals surface area contributed by atoms with Crippen molar-refractivity contribution in [1.82, 2.24) is 4.90 Å². The molecule has 0 amide bonds. The van der Waals surface area contributed by atoms with Gasteiger partial charge in [0.1, 0.15) is 5.82 Å². The largest absolute Gasteiger partial charge is 0.416 e. The number of hydrogen-bond donors (Lipinski definition) is 0. The van der Waals surface area contributed by atoms with E-state index in [9.17, 15) is 17.6 Å². The normalized spacial score (nSPS) is 14.5. The molecule has 0 spiro atoms. The maximum absolute atomic E-state index is 13.9. The molecule has 0 aliphatic heterocycles. The highest BCUT2D eigenvalue weighted by atomic mass is 19.4. The molecule has 0 N–H and O–H groups in total. The predicted octanol–water partition coefficient (Wildman–Crippen LogP) is 6.77. The number of unbranched alkanes of at least 4 members (excludes halogenated alkanes) is 1. The van der Waals surface area contributed by atoms with Gasteiger partial charge in [-0.2, -0.15) is 13.2 Å². The molecule has 2 atom stereocenters. The van der Waals surface area contributed by atoms with Crippen molar-refractivity contribution in [3.63, 3.8) is 0 Å². The highest BCUT2D eigenvalue weighted by Gasteiger charge is 2.33. The van der Waals surface area contributed by atoms with Gasteiger partial charge in [0.25, 0.3) is 0 Å². The van der Waals surface area contributed by atoms with Crippen LogP contribution in [0.15, 0.2) is 48.5 Å². The van der Waals surface area contributed by atoms with Crippen molar-refractivity contribution in [2.75, 3.05) is 7.05 Å². The first-order valence-corrected chi connectivity index (χ1v) is 8.88. The molecule has 142 valence electrons. The Kier molecular flexibility index (Phi) is 6.81. The molecular weight excluding hydrogens is 342 g/mol. The van der Waals surface area contributed by atoms with E-state index >= 15 is 0 Å². The van der Waals surface area contributed by atoms with E-state index in [0.717, 1.165) is 24.5 Å². The van der Waals surface area contributed by atoms with E-state index in [0.29, 0.717) is 18.1 Å². The summed E-state index contributed by atoms with van der Waals surface area (Å²) >= 11 is 0. The molecule has 0 heterocycles. The average Bonchev–Trinajstić information content (AvgIpc) is 2.60. The Labute approximate surface area is 152 Å². The molecule has 2 rings (SSSR count). The fraction of sp³-hybridized carbons (Fsp3) is 0.429. The average molecular weight is 367 g/mol. The zero-order valence-corrected chi connectivity index (χ0v) is 15.4. The molecule has 0 fully saturated rings. The zero-order valence-electron chi connectivity index (χ0n) is 15.4. The lowest BCUT2D eigenvalue weighted by atomic mass is 9.95. The van der Waals surface area contributed by atoms with E-state index in [1.807, 2.05) is 56.1 Å². The number of halogens is 4. The molecule has 0 saturated carbocycles. The van der Waals surface area contributed by atoms with Crippen LogP contribution in [0.1, 0.15) is 61.9 Å². The van der Waals surface area contributed by atoms with E-state index in [4.69, 9.17) is 0 Å². The number of hydrogen-bond acceptors (Lipinski definition) is 1. The van der Waals surface area contributed by atoms with Crippen molar-refractivity contribution in [2.24, 2.45) is 0 Å². The smallest absolute Gasteiger partial charge is 0.293 e. The van der Waals surface area contributed by atoms with E-state index < -0.39 is 17.6 Å². The van der Waals surface area contributed by atoms with Gasteiger partial charge in [0.05, 0.1) is 5.56 Å². The first-order valence-electron chi connectivity index (χ1n) is 8.88. The van der Waals surface area contributed by atoms with Crippen LogP contribution in [0.25, 0.3) is 0 Å². The summed E-state index contributed by atoms with van der Waals surface area (Å²) in [6.45, 7) is 4.04. The SMILES string of the molecule is CCCCC(c1cc(F)cc(C(F)(F)F)c1)N(C)C(C)c1ccccc1. The van der Waals surface area contributed by atoms with Crippen molar-refractivity contribution in [3.05, 3.63) is 71.0 Å². The third-order valence-electron chi connectivity index (χ3n) is 4.85. The Balaban J connectivity index is 2.39. The second-order valence-electron chi connectivity index (χ2n) is 6.68. The van der Waals surface area contributed by atoms with E-state index in [1.165, 1.54) is 6.07 Å².